The van der Waals surface area contributed by atoms with E-state index in [0.29, 0.717) is 52.1 Å². The normalized spacial score (nSPS) is 25.6. The topological polar surface area (TPSA) is 61.8 Å². The van der Waals surface area contributed by atoms with Gasteiger partial charge in [-0.3, -0.25) is 9.59 Å². The minimum atomic E-state index is -0.588. The van der Waals surface area contributed by atoms with Crippen molar-refractivity contribution in [3.63, 3.8) is 0 Å². The molecule has 0 atom stereocenters. The predicted molar refractivity (Wildman–Crippen MR) is 67.4 cm³/mol. The Morgan fingerprint density at radius 2 is 1.11 bits per heavy atom. The summed E-state index contributed by atoms with van der Waals surface area (Å²) in [6.07, 6.45) is 2.44. The fourth-order valence-electron chi connectivity index (χ4n) is 2.38. The predicted octanol–water partition coefficient (Wildman–Crippen LogP) is 1.69. The molecule has 2 fully saturated rings. The van der Waals surface area contributed by atoms with Gasteiger partial charge in [-0.25, -0.2) is 0 Å². The van der Waals surface area contributed by atoms with Gasteiger partial charge in [-0.15, -0.1) is 0 Å². The SMILES string of the molecule is CC1(C(=O)OC(=O)C2(C)CCOCC2)CCOCC1. The summed E-state index contributed by atoms with van der Waals surface area (Å²) in [5.74, 6) is -0.818. The van der Waals surface area contributed by atoms with Crippen LogP contribution in [0.4, 0.5) is 0 Å². The molecule has 0 amide bonds. The Kier molecular flexibility index (Phi) is 4.26. The number of carbonyl (C=O) groups excluding carboxylic acids is 2. The average molecular weight is 270 g/mol. The van der Waals surface area contributed by atoms with E-state index in [9.17, 15) is 9.59 Å². The van der Waals surface area contributed by atoms with Crippen LogP contribution in [0.1, 0.15) is 39.5 Å². The monoisotopic (exact) mass is 270 g/mol. The largest absolute Gasteiger partial charge is 0.392 e. The van der Waals surface area contributed by atoms with E-state index in [1.807, 2.05) is 13.8 Å². The van der Waals surface area contributed by atoms with E-state index in [0.717, 1.165) is 0 Å². The van der Waals surface area contributed by atoms with Gasteiger partial charge >= 0.3 is 11.9 Å². The van der Waals surface area contributed by atoms with Gasteiger partial charge in [0.25, 0.3) is 0 Å². The summed E-state index contributed by atoms with van der Waals surface area (Å²) < 4.78 is 15.6. The lowest BCUT2D eigenvalue weighted by Crippen LogP contribution is -2.42. The molecule has 0 aromatic carbocycles. The zero-order chi connectivity index (χ0) is 13.9. The van der Waals surface area contributed by atoms with E-state index < -0.39 is 22.8 Å². The lowest BCUT2D eigenvalue weighted by molar-refractivity contribution is -0.179. The Labute approximate surface area is 113 Å². The first-order chi connectivity index (χ1) is 8.96. The van der Waals surface area contributed by atoms with Crippen LogP contribution in [0.25, 0.3) is 0 Å². The van der Waals surface area contributed by atoms with E-state index in [4.69, 9.17) is 14.2 Å². The molecule has 0 aromatic rings. The van der Waals surface area contributed by atoms with Crippen LogP contribution in [0.15, 0.2) is 0 Å². The van der Waals surface area contributed by atoms with Crippen LogP contribution in [0.2, 0.25) is 0 Å². The van der Waals surface area contributed by atoms with Gasteiger partial charge in [-0.05, 0) is 39.5 Å². The van der Waals surface area contributed by atoms with Gasteiger partial charge in [-0.2, -0.15) is 0 Å². The molecule has 0 aliphatic carbocycles. The van der Waals surface area contributed by atoms with Crippen molar-refractivity contribution in [3.05, 3.63) is 0 Å². The van der Waals surface area contributed by atoms with E-state index in [-0.39, 0.29) is 0 Å². The molecule has 2 heterocycles. The van der Waals surface area contributed by atoms with Crippen LogP contribution < -0.4 is 0 Å². The Balaban J connectivity index is 1.96. The average Bonchev–Trinajstić information content (AvgIpc) is 2.40. The van der Waals surface area contributed by atoms with Crippen molar-refractivity contribution in [2.75, 3.05) is 26.4 Å². The molecule has 0 unspecified atom stereocenters. The molecule has 108 valence electrons. The Morgan fingerprint density at radius 3 is 1.42 bits per heavy atom. The molecule has 0 N–H and O–H groups in total. The smallest absolute Gasteiger partial charge is 0.319 e. The summed E-state index contributed by atoms with van der Waals surface area (Å²) in [5.41, 5.74) is -1.18. The molecular weight excluding hydrogens is 248 g/mol. The third-order valence-electron chi connectivity index (χ3n) is 4.36. The first kappa shape index (κ1) is 14.5. The number of ether oxygens (including phenoxy) is 3. The van der Waals surface area contributed by atoms with Gasteiger partial charge < -0.3 is 14.2 Å². The summed E-state index contributed by atoms with van der Waals surface area (Å²) >= 11 is 0. The van der Waals surface area contributed by atoms with E-state index >= 15 is 0 Å². The van der Waals surface area contributed by atoms with Gasteiger partial charge in [0.15, 0.2) is 0 Å². The van der Waals surface area contributed by atoms with Crippen LogP contribution in [0.5, 0.6) is 0 Å². The first-order valence-electron chi connectivity index (χ1n) is 6.89. The highest BCUT2D eigenvalue weighted by Crippen LogP contribution is 2.35. The molecule has 2 aliphatic heterocycles. The molecule has 19 heavy (non-hydrogen) atoms. The van der Waals surface area contributed by atoms with Crippen molar-refractivity contribution in [1.29, 1.82) is 0 Å². The Morgan fingerprint density at radius 1 is 0.789 bits per heavy atom. The van der Waals surface area contributed by atoms with Gasteiger partial charge in [0.05, 0.1) is 10.8 Å². The molecule has 2 saturated heterocycles. The lowest BCUT2D eigenvalue weighted by Gasteiger charge is -2.34. The molecule has 5 heteroatoms. The van der Waals surface area contributed by atoms with Crippen molar-refractivity contribution in [2.45, 2.75) is 39.5 Å². The zero-order valence-electron chi connectivity index (χ0n) is 11.7. The molecule has 5 nitrogen and oxygen atoms in total. The van der Waals surface area contributed by atoms with Gasteiger partial charge in [0.2, 0.25) is 0 Å². The summed E-state index contributed by atoms with van der Waals surface area (Å²) in [4.78, 5) is 24.4. The van der Waals surface area contributed by atoms with Crippen molar-refractivity contribution in [1.82, 2.24) is 0 Å². The summed E-state index contributed by atoms with van der Waals surface area (Å²) in [5, 5.41) is 0. The molecule has 0 spiro atoms. The number of esters is 2. The van der Waals surface area contributed by atoms with Crippen molar-refractivity contribution in [2.24, 2.45) is 10.8 Å². The van der Waals surface area contributed by atoms with Crippen molar-refractivity contribution < 1.29 is 23.8 Å². The van der Waals surface area contributed by atoms with Crippen molar-refractivity contribution >= 4 is 11.9 Å². The minimum Gasteiger partial charge on any atom is -0.392 e. The summed E-state index contributed by atoms with van der Waals surface area (Å²) in [6, 6.07) is 0. The second-order valence-electron chi connectivity index (χ2n) is 6.02. The Hall–Kier alpha value is -0.940. The maximum Gasteiger partial charge on any atom is 0.319 e. The van der Waals surface area contributed by atoms with Crippen molar-refractivity contribution in [3.8, 4) is 0 Å². The molecule has 0 saturated carbocycles. The Bertz CT molecular complexity index is 317. The summed E-state index contributed by atoms with van der Waals surface area (Å²) in [6.45, 7) is 5.88. The molecule has 0 aromatic heterocycles. The van der Waals surface area contributed by atoms with E-state index in [1.165, 1.54) is 0 Å². The highest BCUT2D eigenvalue weighted by Gasteiger charge is 2.42. The molecular formula is C14H22O5. The van der Waals surface area contributed by atoms with Crippen LogP contribution in [0, 0.1) is 10.8 Å². The maximum absolute atomic E-state index is 12.2. The highest BCUT2D eigenvalue weighted by molar-refractivity contribution is 5.91. The lowest BCUT2D eigenvalue weighted by atomic mass is 9.81. The van der Waals surface area contributed by atoms with E-state index in [2.05, 4.69) is 0 Å². The number of hydrogen-bond donors (Lipinski definition) is 0. The number of hydrogen-bond acceptors (Lipinski definition) is 5. The fourth-order valence-corrected chi connectivity index (χ4v) is 2.38. The molecule has 0 bridgehead atoms. The highest BCUT2D eigenvalue weighted by atomic mass is 16.6. The minimum absolute atomic E-state index is 0.409. The van der Waals surface area contributed by atoms with E-state index in [1.54, 1.807) is 0 Å². The fraction of sp³-hybridized carbons (Fsp3) is 0.857. The standard InChI is InChI=1S/C14H22O5/c1-13(3-7-17-8-4-13)11(15)19-12(16)14(2)5-9-18-10-6-14/h3-10H2,1-2H3. The number of rotatable bonds is 2. The summed E-state index contributed by atoms with van der Waals surface area (Å²) in [7, 11) is 0. The van der Waals surface area contributed by atoms with Crippen LogP contribution in [-0.2, 0) is 23.8 Å². The zero-order valence-corrected chi connectivity index (χ0v) is 11.7. The van der Waals surface area contributed by atoms with Gasteiger partial charge in [0.1, 0.15) is 0 Å². The quantitative estimate of drug-likeness (QED) is 0.564. The third-order valence-corrected chi connectivity index (χ3v) is 4.36. The molecule has 2 rings (SSSR count). The first-order valence-corrected chi connectivity index (χ1v) is 6.89. The van der Waals surface area contributed by atoms with Crippen LogP contribution in [0.3, 0.4) is 0 Å². The van der Waals surface area contributed by atoms with Gasteiger partial charge in [-0.1, -0.05) is 0 Å². The molecule has 0 radical (unpaired) electrons. The second kappa shape index (κ2) is 5.59. The second-order valence-corrected chi connectivity index (χ2v) is 6.02. The van der Waals surface area contributed by atoms with Crippen LogP contribution >= 0.6 is 0 Å². The number of carbonyl (C=O) groups is 2. The van der Waals surface area contributed by atoms with Crippen LogP contribution in [-0.4, -0.2) is 38.4 Å². The van der Waals surface area contributed by atoms with Gasteiger partial charge in [0, 0.05) is 26.4 Å². The third kappa shape index (κ3) is 3.15. The molecule has 2 aliphatic rings. The maximum atomic E-state index is 12.2.